The van der Waals surface area contributed by atoms with Crippen molar-refractivity contribution >= 4 is 12.2 Å². The monoisotopic (exact) mass is 208 g/mol. The molecule has 2 atom stereocenters. The Kier molecular flexibility index (Phi) is 5.34. The topological polar surface area (TPSA) is 139 Å². The molecule has 0 aromatic rings. The minimum absolute atomic E-state index is 0.363. The van der Waals surface area contributed by atoms with Gasteiger partial charge in [0.1, 0.15) is 0 Å². The summed E-state index contributed by atoms with van der Waals surface area (Å²) in [6.07, 6.45) is -5.36. The minimum atomic E-state index is -1.35. The van der Waals surface area contributed by atoms with Crippen molar-refractivity contribution in [2.75, 3.05) is 13.1 Å². The summed E-state index contributed by atoms with van der Waals surface area (Å²) in [6, 6.07) is 0. The van der Waals surface area contributed by atoms with E-state index >= 15 is 0 Å². The number of hydrogen-bond donors (Lipinski definition) is 6. The summed E-state index contributed by atoms with van der Waals surface area (Å²) < 4.78 is 0. The first-order valence-electron chi connectivity index (χ1n) is 3.73. The summed E-state index contributed by atoms with van der Waals surface area (Å²) >= 11 is 0. The lowest BCUT2D eigenvalue weighted by molar-refractivity contribution is 0.0217. The van der Waals surface area contributed by atoms with Crippen molar-refractivity contribution in [3.63, 3.8) is 0 Å². The smallest absolute Gasteiger partial charge is 0.404 e. The van der Waals surface area contributed by atoms with Crippen molar-refractivity contribution in [2.45, 2.75) is 12.2 Å². The summed E-state index contributed by atoms with van der Waals surface area (Å²) in [5, 5.41) is 38.1. The van der Waals surface area contributed by atoms with E-state index in [4.69, 9.17) is 20.4 Å². The Morgan fingerprint density at radius 2 is 1.21 bits per heavy atom. The second-order valence-electron chi connectivity index (χ2n) is 2.51. The average molecular weight is 208 g/mol. The van der Waals surface area contributed by atoms with Crippen LogP contribution in [-0.4, -0.2) is 57.9 Å². The minimum Gasteiger partial charge on any atom is -0.465 e. The van der Waals surface area contributed by atoms with E-state index < -0.39 is 24.4 Å². The van der Waals surface area contributed by atoms with Crippen LogP contribution in [0.25, 0.3) is 0 Å². The van der Waals surface area contributed by atoms with E-state index in [0.29, 0.717) is 0 Å². The summed E-state index contributed by atoms with van der Waals surface area (Å²) in [5.41, 5.74) is 0. The van der Waals surface area contributed by atoms with Crippen LogP contribution in [0.1, 0.15) is 0 Å². The highest BCUT2D eigenvalue weighted by Gasteiger charge is 2.17. The highest BCUT2D eigenvalue weighted by atomic mass is 16.4. The molecule has 0 heterocycles. The van der Waals surface area contributed by atoms with E-state index in [-0.39, 0.29) is 13.1 Å². The number of nitrogens with one attached hydrogen (secondary N) is 2. The average Bonchev–Trinajstić information content (AvgIpc) is 2.09. The lowest BCUT2D eigenvalue weighted by Crippen LogP contribution is -2.44. The maximum Gasteiger partial charge on any atom is 0.404 e. The molecule has 14 heavy (non-hydrogen) atoms. The van der Waals surface area contributed by atoms with Gasteiger partial charge in [0.25, 0.3) is 0 Å². The van der Waals surface area contributed by atoms with Crippen molar-refractivity contribution in [3.05, 3.63) is 0 Å². The highest BCUT2D eigenvalue weighted by Crippen LogP contribution is 1.90. The van der Waals surface area contributed by atoms with Gasteiger partial charge >= 0.3 is 12.2 Å². The number of amides is 2. The summed E-state index contributed by atoms with van der Waals surface area (Å²) in [6.45, 7) is -0.727. The van der Waals surface area contributed by atoms with Gasteiger partial charge in [-0.15, -0.1) is 0 Å². The zero-order valence-corrected chi connectivity index (χ0v) is 7.17. The molecule has 0 saturated carbocycles. The fourth-order valence-electron chi connectivity index (χ4n) is 0.656. The molecule has 0 aliphatic heterocycles. The van der Waals surface area contributed by atoms with E-state index in [9.17, 15) is 9.59 Å². The van der Waals surface area contributed by atoms with E-state index in [1.165, 1.54) is 0 Å². The molecule has 0 aliphatic carbocycles. The van der Waals surface area contributed by atoms with Crippen molar-refractivity contribution in [2.24, 2.45) is 0 Å². The summed E-state index contributed by atoms with van der Waals surface area (Å²) in [4.78, 5) is 20.0. The Hall–Kier alpha value is -1.54. The van der Waals surface area contributed by atoms with Crippen LogP contribution in [0.15, 0.2) is 0 Å². The molecule has 6 N–H and O–H groups in total. The molecule has 0 spiro atoms. The van der Waals surface area contributed by atoms with Gasteiger partial charge in [-0.05, 0) is 0 Å². The standard InChI is InChI=1S/C6H12N2O6/c9-3(1-7-5(11)12)4(10)2-8-6(13)14/h3-4,7-10H,1-2H2,(H,11,12)(H,13,14). The molecule has 82 valence electrons. The molecule has 0 radical (unpaired) electrons. The van der Waals surface area contributed by atoms with Gasteiger partial charge in [-0.3, -0.25) is 0 Å². The molecule has 8 nitrogen and oxygen atoms in total. The second kappa shape index (κ2) is 6.00. The molecule has 0 fully saturated rings. The normalized spacial score (nSPS) is 14.1. The van der Waals surface area contributed by atoms with Crippen molar-refractivity contribution in [3.8, 4) is 0 Å². The molecule has 0 rings (SSSR count). The molecular weight excluding hydrogens is 196 g/mol. The fourth-order valence-corrected chi connectivity index (χ4v) is 0.656. The molecule has 8 heteroatoms. The van der Waals surface area contributed by atoms with Gasteiger partial charge in [0, 0.05) is 13.1 Å². The van der Waals surface area contributed by atoms with Gasteiger partial charge in [-0.2, -0.15) is 0 Å². The zero-order valence-electron chi connectivity index (χ0n) is 7.17. The third kappa shape index (κ3) is 6.03. The molecule has 0 bridgehead atoms. The Bertz CT molecular complexity index is 186. The van der Waals surface area contributed by atoms with Gasteiger partial charge < -0.3 is 31.1 Å². The zero-order chi connectivity index (χ0) is 11.1. The van der Waals surface area contributed by atoms with Gasteiger partial charge in [0.15, 0.2) is 0 Å². The predicted molar refractivity (Wildman–Crippen MR) is 44.1 cm³/mol. The van der Waals surface area contributed by atoms with Crippen LogP contribution in [-0.2, 0) is 0 Å². The van der Waals surface area contributed by atoms with Gasteiger partial charge in [-0.1, -0.05) is 0 Å². The largest absolute Gasteiger partial charge is 0.465 e. The van der Waals surface area contributed by atoms with Gasteiger partial charge in [-0.25, -0.2) is 9.59 Å². The first kappa shape index (κ1) is 12.5. The third-order valence-corrected chi connectivity index (χ3v) is 1.37. The first-order chi connectivity index (χ1) is 6.43. The Labute approximate surface area is 79.2 Å². The van der Waals surface area contributed by atoms with Crippen molar-refractivity contribution in [1.29, 1.82) is 0 Å². The lowest BCUT2D eigenvalue weighted by atomic mass is 10.2. The van der Waals surface area contributed by atoms with E-state index in [1.54, 1.807) is 0 Å². The molecule has 2 amide bonds. The Morgan fingerprint density at radius 1 is 0.929 bits per heavy atom. The number of aliphatic hydroxyl groups is 2. The van der Waals surface area contributed by atoms with E-state index in [2.05, 4.69) is 0 Å². The van der Waals surface area contributed by atoms with Crippen LogP contribution >= 0.6 is 0 Å². The molecule has 0 aromatic carbocycles. The van der Waals surface area contributed by atoms with Crippen molar-refractivity contribution in [1.82, 2.24) is 10.6 Å². The van der Waals surface area contributed by atoms with E-state index in [0.717, 1.165) is 0 Å². The Morgan fingerprint density at radius 3 is 1.43 bits per heavy atom. The van der Waals surface area contributed by atoms with Gasteiger partial charge in [0.05, 0.1) is 12.2 Å². The highest BCUT2D eigenvalue weighted by molar-refractivity contribution is 5.64. The number of aliphatic hydroxyl groups excluding tert-OH is 2. The lowest BCUT2D eigenvalue weighted by Gasteiger charge is -2.16. The fraction of sp³-hybridized carbons (Fsp3) is 0.667. The van der Waals surface area contributed by atoms with Gasteiger partial charge in [0.2, 0.25) is 0 Å². The second-order valence-corrected chi connectivity index (χ2v) is 2.51. The Balaban J connectivity index is 3.69. The summed E-state index contributed by atoms with van der Waals surface area (Å²) in [7, 11) is 0. The maximum atomic E-state index is 9.98. The molecular formula is C6H12N2O6. The number of carbonyl (C=O) groups is 2. The van der Waals surface area contributed by atoms with Crippen LogP contribution in [0.5, 0.6) is 0 Å². The predicted octanol–water partition coefficient (Wildman–Crippen LogP) is -1.76. The quantitative estimate of drug-likeness (QED) is 0.316. The first-order valence-corrected chi connectivity index (χ1v) is 3.73. The van der Waals surface area contributed by atoms with Crippen LogP contribution < -0.4 is 10.6 Å². The maximum absolute atomic E-state index is 9.98. The van der Waals surface area contributed by atoms with E-state index in [1.807, 2.05) is 10.6 Å². The molecule has 2 unspecified atom stereocenters. The van der Waals surface area contributed by atoms with Crippen LogP contribution in [0, 0.1) is 0 Å². The number of hydrogen-bond acceptors (Lipinski definition) is 4. The van der Waals surface area contributed by atoms with Crippen LogP contribution in [0.4, 0.5) is 9.59 Å². The summed E-state index contributed by atoms with van der Waals surface area (Å²) in [5.74, 6) is 0. The SMILES string of the molecule is O=C(O)NCC(O)C(O)CNC(=O)O. The molecule has 0 aliphatic rings. The third-order valence-electron chi connectivity index (χ3n) is 1.37. The molecule has 0 aromatic heterocycles. The number of carboxylic acid groups (broad SMARTS) is 2. The van der Waals surface area contributed by atoms with Crippen LogP contribution in [0.2, 0.25) is 0 Å². The number of rotatable bonds is 5. The molecule has 0 saturated heterocycles. The van der Waals surface area contributed by atoms with Crippen molar-refractivity contribution < 1.29 is 30.0 Å². The van der Waals surface area contributed by atoms with Crippen LogP contribution in [0.3, 0.4) is 0 Å².